The summed E-state index contributed by atoms with van der Waals surface area (Å²) in [6.07, 6.45) is 0. The monoisotopic (exact) mass is 385 g/mol. The Kier molecular flexibility index (Phi) is 12.4. The molecule has 0 bridgehead atoms. The molecule has 1 aromatic carbocycles. The van der Waals surface area contributed by atoms with Crippen molar-refractivity contribution in [3.8, 4) is 0 Å². The summed E-state index contributed by atoms with van der Waals surface area (Å²) < 4.78 is 9.08. The molecule has 0 aliphatic carbocycles. The molecule has 1 rings (SSSR count). The molecule has 154 valence electrons. The first-order valence-electron chi connectivity index (χ1n) is 8.33. The van der Waals surface area contributed by atoms with Crippen LogP contribution in [0, 0.1) is 10.1 Å². The Bertz CT molecular complexity index is 612. The van der Waals surface area contributed by atoms with Gasteiger partial charge in [-0.1, -0.05) is 13.8 Å². The number of methoxy groups -OCH3 is 1. The van der Waals surface area contributed by atoms with Crippen LogP contribution in [0.3, 0.4) is 0 Å². The average molecular weight is 385 g/mol. The topological polar surface area (TPSA) is 102 Å². The number of benzene rings is 1. The molecule has 0 aliphatic heterocycles. The summed E-state index contributed by atoms with van der Waals surface area (Å²) in [4.78, 5) is 31.4. The van der Waals surface area contributed by atoms with Crippen LogP contribution in [0.5, 0.6) is 0 Å². The van der Waals surface area contributed by atoms with Gasteiger partial charge in [0, 0.05) is 27.2 Å². The Hall–Kier alpha value is -2.68. The highest BCUT2D eigenvalue weighted by molar-refractivity contribution is 5.91. The van der Waals surface area contributed by atoms with E-state index in [2.05, 4.69) is 9.47 Å². The van der Waals surface area contributed by atoms with Crippen LogP contribution in [0.4, 0.5) is 11.4 Å². The fraction of sp³-hybridized carbons (Fsp3) is 0.556. The van der Waals surface area contributed by atoms with E-state index in [0.29, 0.717) is 12.2 Å². The van der Waals surface area contributed by atoms with Gasteiger partial charge in [-0.15, -0.1) is 0 Å². The Balaban J connectivity index is 0. The highest BCUT2D eigenvalue weighted by Crippen LogP contribution is 2.29. The van der Waals surface area contributed by atoms with Crippen molar-refractivity contribution in [1.82, 2.24) is 5.01 Å². The largest absolute Gasteiger partial charge is 0.465 e. The number of carbonyl (C=O) groups excluding carboxylic acids is 2. The Morgan fingerprint density at radius 3 is 2.00 bits per heavy atom. The predicted octanol–water partition coefficient (Wildman–Crippen LogP) is 3.28. The van der Waals surface area contributed by atoms with Gasteiger partial charge >= 0.3 is 5.97 Å². The molecule has 0 unspecified atom stereocenters. The second-order valence-electron chi connectivity index (χ2n) is 6.15. The number of hydrogen-bond donors (Lipinski definition) is 0. The lowest BCUT2D eigenvalue weighted by atomic mass is 10.1. The van der Waals surface area contributed by atoms with Crippen molar-refractivity contribution >= 4 is 23.8 Å². The number of nitrogens with zero attached hydrogens (tertiary/aromatic N) is 3. The van der Waals surface area contributed by atoms with Gasteiger partial charge in [-0.25, -0.2) is 9.80 Å². The molecule has 0 heterocycles. The third-order valence-electron chi connectivity index (χ3n) is 2.94. The molecule has 0 aromatic heterocycles. The lowest BCUT2D eigenvalue weighted by Gasteiger charge is -2.26. The molecule has 1 aromatic rings. The number of anilines is 1. The molecule has 0 aliphatic rings. The van der Waals surface area contributed by atoms with E-state index >= 15 is 0 Å². The number of rotatable bonds is 5. The molecule has 0 N–H and O–H groups in total. The lowest BCUT2D eigenvalue weighted by molar-refractivity contribution is -0.384. The quantitative estimate of drug-likeness (QED) is 0.329. The number of hydrogen-bond acceptors (Lipinski definition) is 8. The van der Waals surface area contributed by atoms with Crippen LogP contribution < -0.4 is 5.01 Å². The molecule has 0 amide bonds. The summed E-state index contributed by atoms with van der Waals surface area (Å²) in [6, 6.07) is 4.22. The fourth-order valence-electron chi connectivity index (χ4n) is 1.55. The van der Waals surface area contributed by atoms with E-state index in [1.54, 1.807) is 31.2 Å². The van der Waals surface area contributed by atoms with Gasteiger partial charge in [0.15, 0.2) is 0 Å². The molecule has 0 fully saturated rings. The van der Waals surface area contributed by atoms with E-state index in [1.165, 1.54) is 25.3 Å². The highest BCUT2D eigenvalue weighted by atomic mass is 16.6. The molecule has 9 heteroatoms. The summed E-state index contributed by atoms with van der Waals surface area (Å²) in [5.74, 6) is -0.600. The fourth-order valence-corrected chi connectivity index (χ4v) is 1.55. The van der Waals surface area contributed by atoms with E-state index in [4.69, 9.17) is 0 Å². The van der Waals surface area contributed by atoms with Gasteiger partial charge in [0.25, 0.3) is 12.2 Å². The first-order valence-corrected chi connectivity index (χ1v) is 8.33. The van der Waals surface area contributed by atoms with Crippen molar-refractivity contribution in [2.24, 2.45) is 0 Å². The van der Waals surface area contributed by atoms with Gasteiger partial charge < -0.3 is 14.5 Å². The summed E-state index contributed by atoms with van der Waals surface area (Å²) in [5.41, 5.74) is 0.0914. The van der Waals surface area contributed by atoms with Crippen molar-refractivity contribution in [3.63, 3.8) is 0 Å². The summed E-state index contributed by atoms with van der Waals surface area (Å²) in [7, 11) is 6.45. The predicted molar refractivity (Wildman–Crippen MR) is 105 cm³/mol. The summed E-state index contributed by atoms with van der Waals surface area (Å²) in [6.45, 7) is 9.92. The van der Waals surface area contributed by atoms with Crippen LogP contribution in [0.15, 0.2) is 18.2 Å². The number of esters is 1. The Morgan fingerprint density at radius 1 is 1.19 bits per heavy atom. The maximum absolute atomic E-state index is 11.3. The van der Waals surface area contributed by atoms with Gasteiger partial charge in [-0.3, -0.25) is 14.9 Å². The third kappa shape index (κ3) is 10.1. The van der Waals surface area contributed by atoms with Crippen LogP contribution in [0.1, 0.15) is 45.0 Å². The second-order valence-corrected chi connectivity index (χ2v) is 6.15. The Morgan fingerprint density at radius 2 is 1.70 bits per heavy atom. The number of nitro benzene ring substituents is 1. The molecular formula is C18H31N3O6. The molecule has 27 heavy (non-hydrogen) atoms. The number of hydrazine groups is 1. The number of carbonyl (C=O) groups is 2. The van der Waals surface area contributed by atoms with E-state index in [1.807, 2.05) is 34.6 Å². The maximum Gasteiger partial charge on any atom is 0.338 e. The molecule has 0 saturated heterocycles. The average Bonchev–Trinajstić information content (AvgIpc) is 2.60. The zero-order valence-corrected chi connectivity index (χ0v) is 17.6. The minimum absolute atomic E-state index is 0.144. The number of nitro groups is 1. The molecule has 0 spiro atoms. The van der Waals surface area contributed by atoms with E-state index < -0.39 is 10.9 Å². The van der Waals surface area contributed by atoms with Crippen molar-refractivity contribution in [2.45, 2.75) is 40.2 Å². The normalized spacial score (nSPS) is 9.85. The van der Waals surface area contributed by atoms with Crippen molar-refractivity contribution in [3.05, 3.63) is 33.9 Å². The second kappa shape index (κ2) is 12.6. The Labute approximate surface area is 161 Å². The highest BCUT2D eigenvalue weighted by Gasteiger charge is 2.21. The van der Waals surface area contributed by atoms with Crippen LogP contribution in [0.2, 0.25) is 0 Å². The van der Waals surface area contributed by atoms with E-state index in [9.17, 15) is 19.7 Å². The lowest BCUT2D eigenvalue weighted by Crippen LogP contribution is -2.33. The van der Waals surface area contributed by atoms with E-state index in [0.717, 1.165) is 0 Å². The third-order valence-corrected chi connectivity index (χ3v) is 2.94. The first-order chi connectivity index (χ1) is 12.4. The minimum Gasteiger partial charge on any atom is -0.465 e. The maximum atomic E-state index is 11.3. The molecule has 0 saturated carbocycles. The van der Waals surface area contributed by atoms with Gasteiger partial charge in [0.2, 0.25) is 0 Å². The van der Waals surface area contributed by atoms with Gasteiger partial charge in [0.1, 0.15) is 11.3 Å². The molecule has 0 atom stereocenters. The van der Waals surface area contributed by atoms with Crippen LogP contribution in [0.25, 0.3) is 0 Å². The summed E-state index contributed by atoms with van der Waals surface area (Å²) in [5, 5.41) is 14.3. The zero-order chi connectivity index (χ0) is 21.8. The van der Waals surface area contributed by atoms with Gasteiger partial charge in [-0.2, -0.15) is 0 Å². The van der Waals surface area contributed by atoms with Crippen LogP contribution in [-0.4, -0.2) is 56.2 Å². The van der Waals surface area contributed by atoms with Crippen molar-refractivity contribution in [2.75, 3.05) is 33.3 Å². The van der Waals surface area contributed by atoms with Gasteiger partial charge in [-0.05, 0) is 32.9 Å². The standard InChI is InChI=1S/C11H15N3O4.C5H10O2.C2H6/c1-12(2)13(3)9-6-5-8(11(15)18-4)7-10(9)14(16)17;1-5(2,3)7-4-6;1-2/h5-7H,1-4H3;4H,1-3H3;1-2H3. The van der Waals surface area contributed by atoms with Crippen LogP contribution in [-0.2, 0) is 14.3 Å². The van der Waals surface area contributed by atoms with Gasteiger partial charge in [0.05, 0.1) is 17.6 Å². The minimum atomic E-state index is -0.600. The zero-order valence-electron chi connectivity index (χ0n) is 17.6. The van der Waals surface area contributed by atoms with Crippen LogP contribution >= 0.6 is 0 Å². The molecular weight excluding hydrogens is 354 g/mol. The smallest absolute Gasteiger partial charge is 0.338 e. The van der Waals surface area contributed by atoms with Crippen molar-refractivity contribution < 1.29 is 24.0 Å². The SMILES string of the molecule is CC.CC(C)(C)OC=O.COC(=O)c1ccc(N(C)N(C)C)c([N+](=O)[O-])c1. The summed E-state index contributed by atoms with van der Waals surface area (Å²) >= 11 is 0. The molecule has 0 radical (unpaired) electrons. The van der Waals surface area contributed by atoms with E-state index in [-0.39, 0.29) is 16.9 Å². The van der Waals surface area contributed by atoms with Crippen molar-refractivity contribution in [1.29, 1.82) is 0 Å². The number of ether oxygens (including phenoxy) is 2. The first kappa shape index (κ1) is 26.5. The molecule has 9 nitrogen and oxygen atoms in total.